The third-order valence-electron chi connectivity index (χ3n) is 4.34. The van der Waals surface area contributed by atoms with E-state index in [9.17, 15) is 24.3 Å². The van der Waals surface area contributed by atoms with Crippen LogP contribution in [0, 0.1) is 0 Å². The molecular formula is C21H20O9. The third kappa shape index (κ3) is 4.47. The molecule has 1 N–H and O–H groups in total. The van der Waals surface area contributed by atoms with Crippen molar-refractivity contribution in [3.63, 3.8) is 0 Å². The highest BCUT2D eigenvalue weighted by Gasteiger charge is 2.24. The fourth-order valence-corrected chi connectivity index (χ4v) is 2.79. The van der Waals surface area contributed by atoms with Gasteiger partial charge in [0.15, 0.2) is 0 Å². The number of aliphatic hydroxyl groups excluding tert-OH is 1. The maximum absolute atomic E-state index is 12.1. The molecule has 2 rings (SSSR count). The summed E-state index contributed by atoms with van der Waals surface area (Å²) in [4.78, 5) is 48.0. The van der Waals surface area contributed by atoms with E-state index >= 15 is 0 Å². The highest BCUT2D eigenvalue weighted by Crippen LogP contribution is 2.27. The zero-order valence-electron chi connectivity index (χ0n) is 16.8. The van der Waals surface area contributed by atoms with Gasteiger partial charge in [0.05, 0.1) is 50.7 Å². The van der Waals surface area contributed by atoms with E-state index in [4.69, 9.17) is 9.47 Å². The minimum Gasteiger partial charge on any atom is -0.465 e. The van der Waals surface area contributed by atoms with Gasteiger partial charge in [-0.2, -0.15) is 0 Å². The normalized spacial score (nSPS) is 10.3. The number of esters is 4. The van der Waals surface area contributed by atoms with Crippen LogP contribution < -0.4 is 0 Å². The van der Waals surface area contributed by atoms with Crippen molar-refractivity contribution in [1.82, 2.24) is 0 Å². The van der Waals surface area contributed by atoms with Crippen LogP contribution in [0.15, 0.2) is 36.4 Å². The molecule has 0 unspecified atom stereocenters. The predicted octanol–water partition coefficient (Wildman–Crippen LogP) is 1.91. The Balaban J connectivity index is 2.55. The molecule has 0 aromatic heterocycles. The number of carbonyl (C=O) groups is 4. The lowest BCUT2D eigenvalue weighted by Crippen LogP contribution is -2.15. The molecule has 158 valence electrons. The van der Waals surface area contributed by atoms with Gasteiger partial charge in [0.25, 0.3) is 0 Å². The van der Waals surface area contributed by atoms with Gasteiger partial charge in [-0.05, 0) is 35.4 Å². The van der Waals surface area contributed by atoms with E-state index in [1.165, 1.54) is 50.6 Å². The Morgan fingerprint density at radius 2 is 0.900 bits per heavy atom. The van der Waals surface area contributed by atoms with Crippen molar-refractivity contribution in [2.24, 2.45) is 0 Å². The van der Waals surface area contributed by atoms with Crippen molar-refractivity contribution < 1.29 is 43.2 Å². The second-order valence-electron chi connectivity index (χ2n) is 5.98. The molecule has 0 atom stereocenters. The van der Waals surface area contributed by atoms with Crippen LogP contribution in [-0.2, 0) is 18.9 Å². The van der Waals surface area contributed by atoms with Crippen LogP contribution in [0.5, 0.6) is 0 Å². The number of rotatable bonds is 6. The van der Waals surface area contributed by atoms with Gasteiger partial charge >= 0.3 is 23.9 Å². The zero-order chi connectivity index (χ0) is 22.4. The first kappa shape index (κ1) is 22.6. The molecule has 30 heavy (non-hydrogen) atoms. The summed E-state index contributed by atoms with van der Waals surface area (Å²) in [5.74, 6) is -3.07. The van der Waals surface area contributed by atoms with Gasteiger partial charge in [0.2, 0.25) is 0 Å². The maximum atomic E-state index is 12.1. The smallest absolute Gasteiger partial charge is 0.338 e. The second kappa shape index (κ2) is 9.66. The first-order chi connectivity index (χ1) is 14.3. The van der Waals surface area contributed by atoms with Crippen LogP contribution in [0.2, 0.25) is 0 Å². The average molecular weight is 416 g/mol. The van der Waals surface area contributed by atoms with Crippen molar-refractivity contribution >= 4 is 23.9 Å². The minimum atomic E-state index is -1.30. The highest BCUT2D eigenvalue weighted by atomic mass is 16.5. The fourth-order valence-electron chi connectivity index (χ4n) is 2.79. The molecule has 0 radical (unpaired) electrons. The number of hydrogen-bond acceptors (Lipinski definition) is 9. The van der Waals surface area contributed by atoms with Gasteiger partial charge in [-0.15, -0.1) is 0 Å². The molecule has 0 aliphatic heterocycles. The van der Waals surface area contributed by atoms with Gasteiger partial charge in [-0.3, -0.25) is 0 Å². The van der Waals surface area contributed by atoms with E-state index in [2.05, 4.69) is 9.47 Å². The number of methoxy groups -OCH3 is 4. The maximum Gasteiger partial charge on any atom is 0.338 e. The molecule has 9 heteroatoms. The fraction of sp³-hybridized carbons (Fsp3) is 0.238. The van der Waals surface area contributed by atoms with Crippen molar-refractivity contribution in [3.8, 4) is 0 Å². The monoisotopic (exact) mass is 416 g/mol. The number of aliphatic hydroxyl groups is 1. The lowest BCUT2D eigenvalue weighted by atomic mass is 9.94. The topological polar surface area (TPSA) is 125 Å². The number of carbonyl (C=O) groups excluding carboxylic acids is 4. The summed E-state index contributed by atoms with van der Waals surface area (Å²) in [5.41, 5.74) is 0.225. The summed E-state index contributed by atoms with van der Waals surface area (Å²) >= 11 is 0. The van der Waals surface area contributed by atoms with Gasteiger partial charge in [-0.25, -0.2) is 19.2 Å². The summed E-state index contributed by atoms with van der Waals surface area (Å²) in [6, 6.07) is 8.07. The molecule has 0 fully saturated rings. The SMILES string of the molecule is COC(=O)c1ccc(C(O)c2ccc(C(=O)OC)c(C(=O)OC)c2)cc1C(=O)OC. The third-order valence-corrected chi connectivity index (χ3v) is 4.34. The quantitative estimate of drug-likeness (QED) is 0.555. The van der Waals surface area contributed by atoms with E-state index in [-0.39, 0.29) is 33.4 Å². The van der Waals surface area contributed by atoms with Gasteiger partial charge in [-0.1, -0.05) is 12.1 Å². The Morgan fingerprint density at radius 1 is 0.600 bits per heavy atom. The zero-order valence-corrected chi connectivity index (χ0v) is 16.8. The summed E-state index contributed by atoms with van der Waals surface area (Å²) in [6.07, 6.45) is -1.30. The Morgan fingerprint density at radius 3 is 1.20 bits per heavy atom. The molecule has 0 bridgehead atoms. The number of ether oxygens (including phenoxy) is 4. The summed E-state index contributed by atoms with van der Waals surface area (Å²) in [5, 5.41) is 10.8. The predicted molar refractivity (Wildman–Crippen MR) is 102 cm³/mol. The Bertz CT molecular complexity index is 914. The van der Waals surface area contributed by atoms with E-state index in [0.29, 0.717) is 0 Å². The summed E-state index contributed by atoms with van der Waals surface area (Å²) < 4.78 is 18.7. The Labute approximate surface area is 172 Å². The molecule has 0 aliphatic carbocycles. The summed E-state index contributed by atoms with van der Waals surface area (Å²) in [6.45, 7) is 0. The number of hydrogen-bond donors (Lipinski definition) is 1. The van der Waals surface area contributed by atoms with Gasteiger partial charge in [0.1, 0.15) is 6.10 Å². The van der Waals surface area contributed by atoms with E-state index < -0.39 is 30.0 Å². The van der Waals surface area contributed by atoms with E-state index in [1.807, 2.05) is 0 Å². The van der Waals surface area contributed by atoms with E-state index in [1.54, 1.807) is 0 Å². The van der Waals surface area contributed by atoms with Crippen LogP contribution in [0.4, 0.5) is 0 Å². The lowest BCUT2D eigenvalue weighted by Gasteiger charge is -2.16. The van der Waals surface area contributed by atoms with Crippen LogP contribution in [-0.4, -0.2) is 57.4 Å². The molecule has 9 nitrogen and oxygen atoms in total. The summed E-state index contributed by atoms with van der Waals surface area (Å²) in [7, 11) is 4.65. The first-order valence-electron chi connectivity index (χ1n) is 8.58. The highest BCUT2D eigenvalue weighted by molar-refractivity contribution is 6.04. The van der Waals surface area contributed by atoms with Crippen LogP contribution in [0.1, 0.15) is 58.7 Å². The standard InChI is InChI=1S/C21H20O9/c1-27-18(23)13-7-5-11(9-15(13)20(25)29-3)17(22)12-6-8-14(19(24)28-2)16(10-12)21(26)30-4/h5-10,17,22H,1-4H3. The molecular weight excluding hydrogens is 396 g/mol. The molecule has 0 aliphatic rings. The van der Waals surface area contributed by atoms with E-state index in [0.717, 1.165) is 14.2 Å². The van der Waals surface area contributed by atoms with Crippen LogP contribution in [0.3, 0.4) is 0 Å². The van der Waals surface area contributed by atoms with Gasteiger partial charge < -0.3 is 24.1 Å². The van der Waals surface area contributed by atoms with Crippen molar-refractivity contribution in [3.05, 3.63) is 69.8 Å². The molecule has 2 aromatic rings. The second-order valence-corrected chi connectivity index (χ2v) is 5.98. The molecule has 0 saturated heterocycles. The van der Waals surface area contributed by atoms with Crippen molar-refractivity contribution in [2.45, 2.75) is 6.10 Å². The Hall–Kier alpha value is -3.72. The van der Waals surface area contributed by atoms with Crippen molar-refractivity contribution in [1.29, 1.82) is 0 Å². The molecule has 0 saturated carbocycles. The Kier molecular flexibility index (Phi) is 7.27. The lowest BCUT2D eigenvalue weighted by molar-refractivity contribution is 0.0554. The van der Waals surface area contributed by atoms with Crippen LogP contribution >= 0.6 is 0 Å². The molecule has 2 aromatic carbocycles. The minimum absolute atomic E-state index is 0.0309. The molecule has 0 amide bonds. The molecule has 0 spiro atoms. The van der Waals surface area contributed by atoms with Gasteiger partial charge in [0, 0.05) is 0 Å². The molecule has 0 heterocycles. The van der Waals surface area contributed by atoms with Crippen molar-refractivity contribution in [2.75, 3.05) is 28.4 Å². The van der Waals surface area contributed by atoms with Crippen LogP contribution in [0.25, 0.3) is 0 Å². The first-order valence-corrected chi connectivity index (χ1v) is 8.58. The number of benzene rings is 2. The largest absolute Gasteiger partial charge is 0.465 e. The average Bonchev–Trinajstić information content (AvgIpc) is 2.80.